The predicted octanol–water partition coefficient (Wildman–Crippen LogP) is 2.82. The van der Waals surface area contributed by atoms with Crippen LogP contribution in [0.1, 0.15) is 31.7 Å². The van der Waals surface area contributed by atoms with E-state index in [9.17, 15) is 0 Å². The first-order valence-electron chi connectivity index (χ1n) is 7.90. The van der Waals surface area contributed by atoms with E-state index in [1.165, 1.54) is 12.8 Å². The van der Waals surface area contributed by atoms with Crippen LogP contribution in [-0.2, 0) is 7.05 Å². The SMILES string of the molecule is CCCCCNC(=N)N/N=C/c1cn(C)c2ccc(OC)cc12. The van der Waals surface area contributed by atoms with Crippen LogP contribution in [0.15, 0.2) is 29.5 Å². The van der Waals surface area contributed by atoms with Crippen molar-refractivity contribution < 1.29 is 4.74 Å². The molecule has 0 bridgehead atoms. The van der Waals surface area contributed by atoms with Crippen molar-refractivity contribution in [1.82, 2.24) is 15.3 Å². The van der Waals surface area contributed by atoms with Gasteiger partial charge in [-0.2, -0.15) is 5.10 Å². The summed E-state index contributed by atoms with van der Waals surface area (Å²) in [5.74, 6) is 1.03. The van der Waals surface area contributed by atoms with E-state index < -0.39 is 0 Å². The summed E-state index contributed by atoms with van der Waals surface area (Å²) in [5, 5.41) is 16.0. The summed E-state index contributed by atoms with van der Waals surface area (Å²) in [6, 6.07) is 5.96. The zero-order chi connectivity index (χ0) is 16.7. The van der Waals surface area contributed by atoms with Gasteiger partial charge < -0.3 is 14.6 Å². The number of fused-ring (bicyclic) bond motifs is 1. The summed E-state index contributed by atoms with van der Waals surface area (Å²) in [6.07, 6.45) is 7.14. The fourth-order valence-electron chi connectivity index (χ4n) is 2.43. The number of nitrogens with zero attached hydrogens (tertiary/aromatic N) is 2. The van der Waals surface area contributed by atoms with E-state index in [2.05, 4.69) is 22.8 Å². The molecule has 6 nitrogen and oxygen atoms in total. The van der Waals surface area contributed by atoms with Crippen molar-refractivity contribution >= 4 is 23.1 Å². The van der Waals surface area contributed by atoms with Crippen molar-refractivity contribution in [2.45, 2.75) is 26.2 Å². The highest BCUT2D eigenvalue weighted by Crippen LogP contribution is 2.24. The number of methoxy groups -OCH3 is 1. The third kappa shape index (κ3) is 4.48. The number of aromatic nitrogens is 1. The molecule has 0 atom stereocenters. The Balaban J connectivity index is 1.99. The van der Waals surface area contributed by atoms with Gasteiger partial charge in [-0.1, -0.05) is 19.8 Å². The van der Waals surface area contributed by atoms with Crippen LogP contribution in [0.4, 0.5) is 0 Å². The lowest BCUT2D eigenvalue weighted by Gasteiger charge is -2.05. The number of unbranched alkanes of at least 4 members (excludes halogenated alkanes) is 2. The number of ether oxygens (including phenoxy) is 1. The summed E-state index contributed by atoms with van der Waals surface area (Å²) >= 11 is 0. The number of nitrogens with one attached hydrogen (secondary N) is 3. The molecule has 23 heavy (non-hydrogen) atoms. The molecule has 0 aliphatic heterocycles. The monoisotopic (exact) mass is 315 g/mol. The summed E-state index contributed by atoms with van der Waals surface area (Å²) in [4.78, 5) is 0. The van der Waals surface area contributed by atoms with Gasteiger partial charge in [0.1, 0.15) is 5.75 Å². The molecule has 0 radical (unpaired) electrons. The van der Waals surface area contributed by atoms with Gasteiger partial charge in [0.05, 0.1) is 13.3 Å². The summed E-state index contributed by atoms with van der Waals surface area (Å²) in [6.45, 7) is 2.95. The van der Waals surface area contributed by atoms with E-state index in [0.29, 0.717) is 0 Å². The van der Waals surface area contributed by atoms with Gasteiger partial charge in [0, 0.05) is 36.3 Å². The van der Waals surface area contributed by atoms with E-state index in [0.717, 1.165) is 35.2 Å². The quantitative estimate of drug-likeness (QED) is 0.318. The minimum absolute atomic E-state index is 0.218. The molecule has 0 aliphatic rings. The first-order valence-corrected chi connectivity index (χ1v) is 7.90. The van der Waals surface area contributed by atoms with Crippen LogP contribution in [0.3, 0.4) is 0 Å². The fourth-order valence-corrected chi connectivity index (χ4v) is 2.43. The van der Waals surface area contributed by atoms with E-state index in [1.54, 1.807) is 13.3 Å². The fraction of sp³-hybridized carbons (Fsp3) is 0.412. The average molecular weight is 315 g/mol. The Morgan fingerprint density at radius 2 is 2.22 bits per heavy atom. The number of benzene rings is 1. The number of hydrazone groups is 1. The topological polar surface area (TPSA) is 74.4 Å². The highest BCUT2D eigenvalue weighted by atomic mass is 16.5. The second-order valence-corrected chi connectivity index (χ2v) is 5.46. The Labute approximate surface area is 137 Å². The number of hydrogen-bond donors (Lipinski definition) is 3. The molecule has 0 aliphatic carbocycles. The predicted molar refractivity (Wildman–Crippen MR) is 95.5 cm³/mol. The maximum absolute atomic E-state index is 7.76. The molecule has 6 heteroatoms. The summed E-state index contributed by atoms with van der Waals surface area (Å²) in [7, 11) is 3.65. The van der Waals surface area contributed by atoms with E-state index in [-0.39, 0.29) is 5.96 Å². The average Bonchev–Trinajstić information content (AvgIpc) is 2.87. The summed E-state index contributed by atoms with van der Waals surface area (Å²) < 4.78 is 7.33. The third-order valence-electron chi connectivity index (χ3n) is 3.69. The molecule has 124 valence electrons. The van der Waals surface area contributed by atoms with Crippen LogP contribution < -0.4 is 15.5 Å². The Bertz CT molecular complexity index is 690. The minimum atomic E-state index is 0.218. The van der Waals surface area contributed by atoms with Gasteiger partial charge in [-0.25, -0.2) is 5.43 Å². The largest absolute Gasteiger partial charge is 0.497 e. The van der Waals surface area contributed by atoms with Crippen molar-refractivity contribution in [3.8, 4) is 5.75 Å². The molecule has 0 fully saturated rings. The smallest absolute Gasteiger partial charge is 0.209 e. The maximum atomic E-state index is 7.76. The van der Waals surface area contributed by atoms with Crippen molar-refractivity contribution in [1.29, 1.82) is 5.41 Å². The number of guanidine groups is 1. The Hall–Kier alpha value is -2.50. The van der Waals surface area contributed by atoms with E-state index in [1.807, 2.05) is 36.0 Å². The van der Waals surface area contributed by atoms with Crippen molar-refractivity contribution in [3.63, 3.8) is 0 Å². The minimum Gasteiger partial charge on any atom is -0.497 e. The molecule has 0 unspecified atom stereocenters. The molecule has 2 rings (SSSR count). The first-order chi connectivity index (χ1) is 11.2. The van der Waals surface area contributed by atoms with Gasteiger partial charge in [0.2, 0.25) is 5.96 Å². The lowest BCUT2D eigenvalue weighted by atomic mass is 10.2. The van der Waals surface area contributed by atoms with Crippen LogP contribution in [0, 0.1) is 5.41 Å². The molecular formula is C17H25N5O. The zero-order valence-corrected chi connectivity index (χ0v) is 14.0. The van der Waals surface area contributed by atoms with Gasteiger partial charge >= 0.3 is 0 Å². The number of aryl methyl sites for hydroxylation is 1. The molecule has 0 saturated carbocycles. The van der Waals surface area contributed by atoms with Crippen LogP contribution in [0.2, 0.25) is 0 Å². The molecule has 0 spiro atoms. The maximum Gasteiger partial charge on any atom is 0.209 e. The molecule has 1 aromatic carbocycles. The molecule has 3 N–H and O–H groups in total. The van der Waals surface area contributed by atoms with Gasteiger partial charge in [-0.05, 0) is 24.6 Å². The van der Waals surface area contributed by atoms with Gasteiger partial charge in [0.15, 0.2) is 0 Å². The lowest BCUT2D eigenvalue weighted by molar-refractivity contribution is 0.415. The van der Waals surface area contributed by atoms with Crippen LogP contribution in [0.25, 0.3) is 10.9 Å². The van der Waals surface area contributed by atoms with Crippen molar-refractivity contribution in [2.24, 2.45) is 12.1 Å². The molecule has 0 amide bonds. The highest BCUT2D eigenvalue weighted by molar-refractivity contribution is 6.00. The molecule has 1 aromatic heterocycles. The van der Waals surface area contributed by atoms with Crippen molar-refractivity contribution in [3.05, 3.63) is 30.0 Å². The first kappa shape index (κ1) is 16.9. The van der Waals surface area contributed by atoms with Crippen LogP contribution >= 0.6 is 0 Å². The Morgan fingerprint density at radius 3 is 2.96 bits per heavy atom. The normalized spacial score (nSPS) is 11.1. The lowest BCUT2D eigenvalue weighted by Crippen LogP contribution is -2.33. The third-order valence-corrected chi connectivity index (χ3v) is 3.69. The molecule has 0 saturated heterocycles. The van der Waals surface area contributed by atoms with E-state index in [4.69, 9.17) is 10.1 Å². The van der Waals surface area contributed by atoms with Crippen LogP contribution in [0.5, 0.6) is 5.75 Å². The summed E-state index contributed by atoms with van der Waals surface area (Å²) in [5.41, 5.74) is 4.80. The highest BCUT2D eigenvalue weighted by Gasteiger charge is 2.06. The standard InChI is InChI=1S/C17H25N5O/c1-4-5-6-9-19-17(18)21-20-11-13-12-22(2)16-8-7-14(23-3)10-15(13)16/h7-8,10-12H,4-6,9H2,1-3H3,(H3,18,19,21)/b20-11+. The Kier molecular flexibility index (Phi) is 6.02. The molecule has 1 heterocycles. The van der Waals surface area contributed by atoms with E-state index >= 15 is 0 Å². The second kappa shape index (κ2) is 8.22. The number of rotatable bonds is 7. The number of hydrogen-bond acceptors (Lipinski definition) is 3. The second-order valence-electron chi connectivity index (χ2n) is 5.46. The van der Waals surface area contributed by atoms with Crippen molar-refractivity contribution in [2.75, 3.05) is 13.7 Å². The zero-order valence-electron chi connectivity index (χ0n) is 14.0. The van der Waals surface area contributed by atoms with Gasteiger partial charge in [0.25, 0.3) is 0 Å². The van der Waals surface area contributed by atoms with Crippen LogP contribution in [-0.4, -0.2) is 30.4 Å². The van der Waals surface area contributed by atoms with Gasteiger partial charge in [-0.3, -0.25) is 5.41 Å². The molecular weight excluding hydrogens is 290 g/mol. The molecule has 2 aromatic rings. The van der Waals surface area contributed by atoms with Gasteiger partial charge in [-0.15, -0.1) is 0 Å². The Morgan fingerprint density at radius 1 is 1.39 bits per heavy atom.